The lowest BCUT2D eigenvalue weighted by atomic mass is 10.0. The van der Waals surface area contributed by atoms with Crippen LogP contribution >= 0.6 is 0 Å². The zero-order chi connectivity index (χ0) is 18.7. The first-order chi connectivity index (χ1) is 12.5. The van der Waals surface area contributed by atoms with Gasteiger partial charge in [-0.2, -0.15) is 0 Å². The van der Waals surface area contributed by atoms with E-state index in [9.17, 15) is 9.90 Å². The van der Waals surface area contributed by atoms with Crippen molar-refractivity contribution in [3.05, 3.63) is 47.5 Å². The van der Waals surface area contributed by atoms with Crippen molar-refractivity contribution < 1.29 is 28.8 Å². The highest BCUT2D eigenvalue weighted by atomic mass is 16.6. The summed E-state index contributed by atoms with van der Waals surface area (Å²) < 4.78 is 21.5. The summed E-state index contributed by atoms with van der Waals surface area (Å²) in [6, 6.07) is 11.0. The van der Waals surface area contributed by atoms with Crippen LogP contribution < -0.4 is 18.9 Å². The first-order valence-electron chi connectivity index (χ1n) is 8.15. The molecule has 3 rings (SSSR count). The van der Waals surface area contributed by atoms with E-state index >= 15 is 0 Å². The Morgan fingerprint density at radius 1 is 1.19 bits per heavy atom. The van der Waals surface area contributed by atoms with Crippen molar-refractivity contribution in [2.75, 3.05) is 13.7 Å². The zero-order valence-electron chi connectivity index (χ0n) is 14.8. The van der Waals surface area contributed by atoms with Crippen LogP contribution in [0.25, 0.3) is 11.6 Å². The predicted octanol–water partition coefficient (Wildman–Crippen LogP) is 3.27. The van der Waals surface area contributed by atoms with E-state index in [2.05, 4.69) is 0 Å². The molecule has 2 aromatic rings. The van der Waals surface area contributed by atoms with Gasteiger partial charge in [0.2, 0.25) is 0 Å². The zero-order valence-corrected chi connectivity index (χ0v) is 14.8. The molecule has 1 N–H and O–H groups in total. The fraction of sp³-hybridized carbons (Fsp3) is 0.250. The fourth-order valence-corrected chi connectivity index (χ4v) is 2.66. The van der Waals surface area contributed by atoms with Gasteiger partial charge in [0.05, 0.1) is 7.11 Å². The van der Waals surface area contributed by atoms with Gasteiger partial charge in [-0.05, 0) is 42.3 Å². The van der Waals surface area contributed by atoms with Crippen molar-refractivity contribution >= 4 is 17.6 Å². The Labute approximate surface area is 151 Å². The van der Waals surface area contributed by atoms with Crippen LogP contribution in [0.4, 0.5) is 0 Å². The molecule has 26 heavy (non-hydrogen) atoms. The highest BCUT2D eigenvalue weighted by molar-refractivity contribution is 5.86. The lowest BCUT2D eigenvalue weighted by Gasteiger charge is -2.21. The quantitative estimate of drug-likeness (QED) is 0.503. The Morgan fingerprint density at radius 2 is 1.92 bits per heavy atom. The lowest BCUT2D eigenvalue weighted by Crippen LogP contribution is -2.13. The number of hydrogen-bond donors (Lipinski definition) is 1. The number of esters is 1. The normalized spacial score (nSPS) is 13.8. The third-order valence-electron chi connectivity index (χ3n) is 3.80. The van der Waals surface area contributed by atoms with Gasteiger partial charge in [0.1, 0.15) is 18.1 Å². The summed E-state index contributed by atoms with van der Waals surface area (Å²) in [5.41, 5.74) is 2.75. The predicted molar refractivity (Wildman–Crippen MR) is 96.4 cm³/mol. The first-order valence-corrected chi connectivity index (χ1v) is 8.15. The van der Waals surface area contributed by atoms with E-state index in [4.69, 9.17) is 18.9 Å². The number of benzene rings is 2. The fourth-order valence-electron chi connectivity index (χ4n) is 2.66. The van der Waals surface area contributed by atoms with Crippen molar-refractivity contribution in [1.82, 2.24) is 0 Å². The summed E-state index contributed by atoms with van der Waals surface area (Å²) in [6.07, 6.45) is 0.927. The summed E-state index contributed by atoms with van der Waals surface area (Å²) in [5, 5.41) is 9.48. The smallest absolute Gasteiger partial charge is 0.308 e. The molecule has 1 atom stereocenters. The minimum Gasteiger partial charge on any atom is -0.497 e. The standard InChI is InChI=1S/C20H20O6/c1-12(21)25-19-9-15-8-16(14-4-6-17(23-3)7-5-14)11-24-18(15)10-20(19)26-13(2)22/h4-10,13,22H,11H2,1-3H3. The van der Waals surface area contributed by atoms with Gasteiger partial charge >= 0.3 is 5.97 Å². The molecule has 0 spiro atoms. The molecular formula is C20H20O6. The maximum absolute atomic E-state index is 11.4. The van der Waals surface area contributed by atoms with E-state index in [-0.39, 0.29) is 11.5 Å². The van der Waals surface area contributed by atoms with Gasteiger partial charge < -0.3 is 24.1 Å². The first kappa shape index (κ1) is 17.8. The maximum atomic E-state index is 11.4. The number of aliphatic hydroxyl groups is 1. The molecule has 0 bridgehead atoms. The van der Waals surface area contributed by atoms with Gasteiger partial charge in [-0.1, -0.05) is 12.1 Å². The van der Waals surface area contributed by atoms with Crippen LogP contribution in [-0.2, 0) is 4.79 Å². The molecule has 0 saturated heterocycles. The summed E-state index contributed by atoms with van der Waals surface area (Å²) in [4.78, 5) is 11.4. The number of carbonyl (C=O) groups is 1. The molecule has 0 radical (unpaired) electrons. The molecule has 0 aliphatic carbocycles. The Hall–Kier alpha value is -2.99. The van der Waals surface area contributed by atoms with Gasteiger partial charge in [-0.25, -0.2) is 0 Å². The average Bonchev–Trinajstić information content (AvgIpc) is 2.61. The molecule has 1 aliphatic rings. The molecule has 1 heterocycles. The molecule has 136 valence electrons. The topological polar surface area (TPSA) is 74.2 Å². The van der Waals surface area contributed by atoms with Crippen LogP contribution in [0.1, 0.15) is 25.0 Å². The van der Waals surface area contributed by atoms with E-state index in [0.29, 0.717) is 12.4 Å². The maximum Gasteiger partial charge on any atom is 0.308 e. The number of fused-ring (bicyclic) bond motifs is 1. The monoisotopic (exact) mass is 356 g/mol. The highest BCUT2D eigenvalue weighted by Crippen LogP contribution is 2.40. The molecule has 6 nitrogen and oxygen atoms in total. The van der Waals surface area contributed by atoms with Gasteiger partial charge in [0.25, 0.3) is 0 Å². The van der Waals surface area contributed by atoms with Crippen molar-refractivity contribution in [3.63, 3.8) is 0 Å². The number of hydrogen-bond acceptors (Lipinski definition) is 6. The summed E-state index contributed by atoms with van der Waals surface area (Å²) in [7, 11) is 1.62. The van der Waals surface area contributed by atoms with Crippen LogP contribution in [0.3, 0.4) is 0 Å². The van der Waals surface area contributed by atoms with Gasteiger partial charge in [-0.15, -0.1) is 0 Å². The van der Waals surface area contributed by atoms with E-state index in [1.165, 1.54) is 13.8 Å². The van der Waals surface area contributed by atoms with Gasteiger partial charge in [-0.3, -0.25) is 4.79 Å². The Kier molecular flexibility index (Phi) is 5.14. The SMILES string of the molecule is COc1ccc(C2=Cc3cc(OC(C)=O)c(OC(C)O)cc3OC2)cc1. The molecule has 0 saturated carbocycles. The second-order valence-corrected chi connectivity index (χ2v) is 5.83. The highest BCUT2D eigenvalue weighted by Gasteiger charge is 2.19. The molecular weight excluding hydrogens is 336 g/mol. The van der Waals surface area contributed by atoms with E-state index in [0.717, 1.165) is 22.4 Å². The minimum atomic E-state index is -1.05. The van der Waals surface area contributed by atoms with Gasteiger partial charge in [0, 0.05) is 18.6 Å². The second-order valence-electron chi connectivity index (χ2n) is 5.83. The number of aliphatic hydroxyl groups excluding tert-OH is 1. The third-order valence-corrected chi connectivity index (χ3v) is 3.80. The number of methoxy groups -OCH3 is 1. The van der Waals surface area contributed by atoms with E-state index < -0.39 is 12.3 Å². The molecule has 1 unspecified atom stereocenters. The molecule has 0 amide bonds. The number of ether oxygens (including phenoxy) is 4. The van der Waals surface area contributed by atoms with Crippen molar-refractivity contribution in [2.24, 2.45) is 0 Å². The lowest BCUT2D eigenvalue weighted by molar-refractivity contribution is -0.132. The van der Waals surface area contributed by atoms with Crippen LogP contribution in [0, 0.1) is 0 Å². The largest absolute Gasteiger partial charge is 0.497 e. The number of carbonyl (C=O) groups excluding carboxylic acids is 1. The summed E-state index contributed by atoms with van der Waals surface area (Å²) >= 11 is 0. The van der Waals surface area contributed by atoms with E-state index in [1.807, 2.05) is 30.3 Å². The van der Waals surface area contributed by atoms with E-state index in [1.54, 1.807) is 19.2 Å². The number of rotatable bonds is 5. The van der Waals surface area contributed by atoms with Crippen molar-refractivity contribution in [1.29, 1.82) is 0 Å². The van der Waals surface area contributed by atoms with Crippen LogP contribution in [-0.4, -0.2) is 31.1 Å². The molecule has 0 aromatic heterocycles. The van der Waals surface area contributed by atoms with Crippen molar-refractivity contribution in [3.8, 4) is 23.0 Å². The van der Waals surface area contributed by atoms with Crippen LogP contribution in [0.15, 0.2) is 36.4 Å². The molecule has 6 heteroatoms. The Balaban J connectivity index is 1.98. The third kappa shape index (κ3) is 3.97. The Bertz CT molecular complexity index is 836. The average molecular weight is 356 g/mol. The Morgan fingerprint density at radius 3 is 2.54 bits per heavy atom. The summed E-state index contributed by atoms with van der Waals surface area (Å²) in [5.74, 6) is 1.37. The molecule has 0 fully saturated rings. The van der Waals surface area contributed by atoms with Crippen LogP contribution in [0.5, 0.6) is 23.0 Å². The van der Waals surface area contributed by atoms with Crippen molar-refractivity contribution in [2.45, 2.75) is 20.1 Å². The minimum absolute atomic E-state index is 0.230. The van der Waals surface area contributed by atoms with Gasteiger partial charge in [0.15, 0.2) is 17.8 Å². The summed E-state index contributed by atoms with van der Waals surface area (Å²) in [6.45, 7) is 3.17. The molecule has 2 aromatic carbocycles. The van der Waals surface area contributed by atoms with Crippen LogP contribution in [0.2, 0.25) is 0 Å². The molecule has 1 aliphatic heterocycles. The second kappa shape index (κ2) is 7.49.